The molecular weight excluding hydrogens is 214 g/mol. The van der Waals surface area contributed by atoms with Crippen molar-refractivity contribution in [3.63, 3.8) is 0 Å². The quantitative estimate of drug-likeness (QED) is 0.784. The first-order valence-electron chi connectivity index (χ1n) is 6.81. The summed E-state index contributed by atoms with van der Waals surface area (Å²) in [6, 6.07) is 0.769. The van der Waals surface area contributed by atoms with Crippen LogP contribution in [0.3, 0.4) is 0 Å². The fraction of sp³-hybridized carbons (Fsp3) is 0.923. The second-order valence-electron chi connectivity index (χ2n) is 5.73. The molecule has 0 aromatic carbocycles. The molecule has 0 aromatic heterocycles. The van der Waals surface area contributed by atoms with Crippen LogP contribution in [0.1, 0.15) is 32.6 Å². The summed E-state index contributed by atoms with van der Waals surface area (Å²) in [5, 5.41) is 0. The molecule has 1 aliphatic carbocycles. The average Bonchev–Trinajstić information content (AvgIpc) is 3.12. The number of likely N-dealkylation sites (N-methyl/N-ethyl adjacent to an activating group) is 1. The maximum atomic E-state index is 12.0. The Bertz CT molecular complexity index is 276. The molecule has 0 radical (unpaired) electrons. The van der Waals surface area contributed by atoms with Crippen LogP contribution in [0.25, 0.3) is 0 Å². The SMILES string of the molecule is CC(N)C1CCCN(CC(=O)N(C)C2CC2)C1. The van der Waals surface area contributed by atoms with Gasteiger partial charge in [-0.15, -0.1) is 0 Å². The monoisotopic (exact) mass is 239 g/mol. The molecule has 0 bridgehead atoms. The van der Waals surface area contributed by atoms with Gasteiger partial charge < -0.3 is 10.6 Å². The first kappa shape index (κ1) is 12.8. The highest BCUT2D eigenvalue weighted by Crippen LogP contribution is 2.26. The van der Waals surface area contributed by atoms with Gasteiger partial charge in [0.05, 0.1) is 6.54 Å². The fourth-order valence-electron chi connectivity index (χ4n) is 2.63. The van der Waals surface area contributed by atoms with Gasteiger partial charge in [0.1, 0.15) is 0 Å². The number of rotatable bonds is 4. The van der Waals surface area contributed by atoms with E-state index in [-0.39, 0.29) is 11.9 Å². The first-order chi connectivity index (χ1) is 8.08. The van der Waals surface area contributed by atoms with E-state index in [0.29, 0.717) is 18.5 Å². The normalized spacial score (nSPS) is 27.8. The number of piperidine rings is 1. The lowest BCUT2D eigenvalue weighted by Crippen LogP contribution is -2.46. The molecule has 0 spiro atoms. The van der Waals surface area contributed by atoms with Crippen LogP contribution in [0.2, 0.25) is 0 Å². The maximum absolute atomic E-state index is 12.0. The fourth-order valence-corrected chi connectivity index (χ4v) is 2.63. The Morgan fingerprint density at radius 1 is 1.47 bits per heavy atom. The Morgan fingerprint density at radius 2 is 2.18 bits per heavy atom. The molecule has 1 aliphatic heterocycles. The molecule has 4 nitrogen and oxygen atoms in total. The van der Waals surface area contributed by atoms with Crippen molar-refractivity contribution in [2.45, 2.75) is 44.7 Å². The summed E-state index contributed by atoms with van der Waals surface area (Å²) in [5.41, 5.74) is 5.96. The van der Waals surface area contributed by atoms with E-state index < -0.39 is 0 Å². The molecule has 0 aromatic rings. The van der Waals surface area contributed by atoms with Crippen LogP contribution in [0.15, 0.2) is 0 Å². The second kappa shape index (κ2) is 5.36. The molecule has 2 N–H and O–H groups in total. The predicted molar refractivity (Wildman–Crippen MR) is 68.6 cm³/mol. The van der Waals surface area contributed by atoms with Gasteiger partial charge in [-0.3, -0.25) is 9.69 Å². The van der Waals surface area contributed by atoms with Gasteiger partial charge in [-0.25, -0.2) is 0 Å². The Morgan fingerprint density at radius 3 is 2.76 bits per heavy atom. The third-order valence-corrected chi connectivity index (χ3v) is 4.13. The van der Waals surface area contributed by atoms with Crippen LogP contribution in [0, 0.1) is 5.92 Å². The predicted octanol–water partition coefficient (Wildman–Crippen LogP) is 0.666. The molecule has 2 atom stereocenters. The highest BCUT2D eigenvalue weighted by Gasteiger charge is 2.31. The van der Waals surface area contributed by atoms with E-state index in [0.717, 1.165) is 13.1 Å². The molecule has 98 valence electrons. The summed E-state index contributed by atoms with van der Waals surface area (Å²) in [4.78, 5) is 16.2. The number of nitrogens with zero attached hydrogens (tertiary/aromatic N) is 2. The Labute approximate surface area is 104 Å². The molecule has 1 heterocycles. The van der Waals surface area contributed by atoms with Crippen LogP contribution in [-0.4, -0.2) is 54.5 Å². The van der Waals surface area contributed by atoms with E-state index in [9.17, 15) is 4.79 Å². The van der Waals surface area contributed by atoms with E-state index in [1.54, 1.807) is 0 Å². The van der Waals surface area contributed by atoms with E-state index in [1.807, 2.05) is 11.9 Å². The Balaban J connectivity index is 1.79. The van der Waals surface area contributed by atoms with Crippen molar-refractivity contribution in [1.29, 1.82) is 0 Å². The minimum atomic E-state index is 0.245. The summed E-state index contributed by atoms with van der Waals surface area (Å²) in [5.74, 6) is 0.834. The third kappa shape index (κ3) is 3.42. The highest BCUT2D eigenvalue weighted by atomic mass is 16.2. The lowest BCUT2D eigenvalue weighted by atomic mass is 9.92. The van der Waals surface area contributed by atoms with Gasteiger partial charge in [0, 0.05) is 25.7 Å². The van der Waals surface area contributed by atoms with E-state index in [1.165, 1.54) is 25.7 Å². The molecule has 2 rings (SSSR count). The number of nitrogens with two attached hydrogens (primary N) is 1. The number of carbonyl (C=O) groups excluding carboxylic acids is 1. The van der Waals surface area contributed by atoms with Crippen molar-refractivity contribution in [1.82, 2.24) is 9.80 Å². The standard InChI is InChI=1S/C13H25N3O/c1-10(14)11-4-3-7-16(8-11)9-13(17)15(2)12-5-6-12/h10-12H,3-9,14H2,1-2H3. The van der Waals surface area contributed by atoms with Gasteiger partial charge in [-0.05, 0) is 45.1 Å². The van der Waals surface area contributed by atoms with Crippen LogP contribution >= 0.6 is 0 Å². The van der Waals surface area contributed by atoms with E-state index in [2.05, 4.69) is 11.8 Å². The molecule has 2 aliphatic rings. The minimum Gasteiger partial charge on any atom is -0.342 e. The Hall–Kier alpha value is -0.610. The van der Waals surface area contributed by atoms with Crippen molar-refractivity contribution in [3.8, 4) is 0 Å². The van der Waals surface area contributed by atoms with Crippen LogP contribution < -0.4 is 5.73 Å². The molecule has 17 heavy (non-hydrogen) atoms. The second-order valence-corrected chi connectivity index (χ2v) is 5.73. The van der Waals surface area contributed by atoms with Gasteiger partial charge in [-0.2, -0.15) is 0 Å². The van der Waals surface area contributed by atoms with Gasteiger partial charge in [0.2, 0.25) is 5.91 Å². The molecule has 1 saturated heterocycles. The molecule has 2 fully saturated rings. The van der Waals surface area contributed by atoms with Gasteiger partial charge in [0.25, 0.3) is 0 Å². The lowest BCUT2D eigenvalue weighted by molar-refractivity contribution is -0.132. The summed E-state index contributed by atoms with van der Waals surface area (Å²) >= 11 is 0. The zero-order chi connectivity index (χ0) is 12.4. The van der Waals surface area contributed by atoms with Crippen molar-refractivity contribution in [2.24, 2.45) is 11.7 Å². The minimum absolute atomic E-state index is 0.245. The lowest BCUT2D eigenvalue weighted by Gasteiger charge is -2.34. The summed E-state index contributed by atoms with van der Waals surface area (Å²) < 4.78 is 0. The van der Waals surface area contributed by atoms with Gasteiger partial charge >= 0.3 is 0 Å². The van der Waals surface area contributed by atoms with Crippen LogP contribution in [-0.2, 0) is 4.79 Å². The van der Waals surface area contributed by atoms with Crippen molar-refractivity contribution < 1.29 is 4.79 Å². The molecule has 4 heteroatoms. The number of amides is 1. The number of likely N-dealkylation sites (tertiary alicyclic amines) is 1. The first-order valence-corrected chi connectivity index (χ1v) is 6.81. The third-order valence-electron chi connectivity index (χ3n) is 4.13. The number of hydrogen-bond acceptors (Lipinski definition) is 3. The molecule has 1 saturated carbocycles. The van der Waals surface area contributed by atoms with Crippen molar-refractivity contribution in [3.05, 3.63) is 0 Å². The topological polar surface area (TPSA) is 49.6 Å². The number of carbonyl (C=O) groups is 1. The van der Waals surface area contributed by atoms with Crippen molar-refractivity contribution in [2.75, 3.05) is 26.7 Å². The maximum Gasteiger partial charge on any atom is 0.236 e. The van der Waals surface area contributed by atoms with Crippen LogP contribution in [0.4, 0.5) is 0 Å². The molecular formula is C13H25N3O. The smallest absolute Gasteiger partial charge is 0.236 e. The Kier molecular flexibility index (Phi) is 4.05. The van der Waals surface area contributed by atoms with Gasteiger partial charge in [-0.1, -0.05) is 0 Å². The largest absolute Gasteiger partial charge is 0.342 e. The molecule has 2 unspecified atom stereocenters. The zero-order valence-electron chi connectivity index (χ0n) is 11.1. The van der Waals surface area contributed by atoms with Gasteiger partial charge in [0.15, 0.2) is 0 Å². The highest BCUT2D eigenvalue weighted by molar-refractivity contribution is 5.78. The van der Waals surface area contributed by atoms with Crippen molar-refractivity contribution >= 4 is 5.91 Å². The number of hydrogen-bond donors (Lipinski definition) is 1. The average molecular weight is 239 g/mol. The summed E-state index contributed by atoms with van der Waals surface area (Å²) in [7, 11) is 1.94. The van der Waals surface area contributed by atoms with Crippen LogP contribution in [0.5, 0.6) is 0 Å². The van der Waals surface area contributed by atoms with E-state index in [4.69, 9.17) is 5.73 Å². The summed E-state index contributed by atoms with van der Waals surface area (Å²) in [6.07, 6.45) is 4.75. The molecule has 1 amide bonds. The van der Waals surface area contributed by atoms with E-state index >= 15 is 0 Å². The zero-order valence-corrected chi connectivity index (χ0v) is 11.1. The summed E-state index contributed by atoms with van der Waals surface area (Å²) in [6.45, 7) is 4.69.